The normalized spacial score (nSPS) is 27.8. The largest absolute Gasteiger partial charge is 0.392 e. The summed E-state index contributed by atoms with van der Waals surface area (Å²) in [6, 6.07) is 0.252. The predicted molar refractivity (Wildman–Crippen MR) is 66.6 cm³/mol. The van der Waals surface area contributed by atoms with Crippen molar-refractivity contribution >= 4 is 0 Å². The highest BCUT2D eigenvalue weighted by atomic mass is 16.5. The molecular weight excluding hydrogens is 202 g/mol. The highest BCUT2D eigenvalue weighted by Crippen LogP contribution is 2.19. The van der Waals surface area contributed by atoms with Gasteiger partial charge in [-0.1, -0.05) is 19.3 Å². The highest BCUT2D eigenvalue weighted by Gasteiger charge is 2.24. The van der Waals surface area contributed by atoms with E-state index in [0.29, 0.717) is 0 Å². The first-order chi connectivity index (χ1) is 7.55. The van der Waals surface area contributed by atoms with Gasteiger partial charge in [0.1, 0.15) is 0 Å². The van der Waals surface area contributed by atoms with Crippen LogP contribution in [0.4, 0.5) is 0 Å². The molecule has 1 fully saturated rings. The summed E-state index contributed by atoms with van der Waals surface area (Å²) in [6.07, 6.45) is 5.48. The van der Waals surface area contributed by atoms with E-state index in [4.69, 9.17) is 4.74 Å². The number of ether oxygens (including phenoxy) is 1. The molecule has 16 heavy (non-hydrogen) atoms. The molecule has 2 unspecified atom stereocenters. The maximum absolute atomic E-state index is 9.97. The van der Waals surface area contributed by atoms with Gasteiger partial charge in [0.2, 0.25) is 0 Å². The fourth-order valence-corrected chi connectivity index (χ4v) is 2.34. The van der Waals surface area contributed by atoms with Gasteiger partial charge in [-0.3, -0.25) is 0 Å². The van der Waals surface area contributed by atoms with Crippen molar-refractivity contribution in [2.75, 3.05) is 13.2 Å². The van der Waals surface area contributed by atoms with E-state index >= 15 is 0 Å². The second-order valence-electron chi connectivity index (χ2n) is 5.39. The molecule has 1 aliphatic rings. The number of aliphatic hydroxyl groups excluding tert-OH is 1. The van der Waals surface area contributed by atoms with Crippen molar-refractivity contribution in [2.24, 2.45) is 0 Å². The molecule has 96 valence electrons. The Bertz CT molecular complexity index is 194. The fraction of sp³-hybridized carbons (Fsp3) is 1.00. The topological polar surface area (TPSA) is 41.5 Å². The third-order valence-electron chi connectivity index (χ3n) is 3.30. The number of hydrogen-bond acceptors (Lipinski definition) is 3. The predicted octanol–water partition coefficient (Wildman–Crippen LogP) is 2.08. The van der Waals surface area contributed by atoms with Gasteiger partial charge in [0.05, 0.1) is 11.7 Å². The monoisotopic (exact) mass is 229 g/mol. The van der Waals surface area contributed by atoms with Gasteiger partial charge in [0.25, 0.3) is 0 Å². The molecule has 0 bridgehead atoms. The molecule has 3 nitrogen and oxygen atoms in total. The lowest BCUT2D eigenvalue weighted by atomic mass is 10.0. The number of nitrogens with one attached hydrogen (secondary N) is 1. The molecule has 0 aliphatic heterocycles. The summed E-state index contributed by atoms with van der Waals surface area (Å²) < 4.78 is 5.64. The summed E-state index contributed by atoms with van der Waals surface area (Å²) >= 11 is 0. The molecule has 1 aliphatic carbocycles. The fourth-order valence-electron chi connectivity index (χ4n) is 2.34. The van der Waals surface area contributed by atoms with Crippen LogP contribution in [0.2, 0.25) is 0 Å². The van der Waals surface area contributed by atoms with E-state index in [0.717, 1.165) is 32.4 Å². The average Bonchev–Trinajstić information content (AvgIpc) is 2.40. The first kappa shape index (κ1) is 13.9. The Morgan fingerprint density at radius 1 is 1.25 bits per heavy atom. The summed E-state index contributed by atoms with van der Waals surface area (Å²) in [5, 5.41) is 13.4. The molecular formula is C13H27NO2. The van der Waals surface area contributed by atoms with E-state index in [1.165, 1.54) is 12.8 Å². The summed E-state index contributed by atoms with van der Waals surface area (Å²) in [7, 11) is 0. The van der Waals surface area contributed by atoms with Gasteiger partial charge in [0.15, 0.2) is 0 Å². The quantitative estimate of drug-likeness (QED) is 0.709. The summed E-state index contributed by atoms with van der Waals surface area (Å²) in [6.45, 7) is 7.74. The first-order valence-corrected chi connectivity index (χ1v) is 6.60. The molecule has 0 saturated heterocycles. The van der Waals surface area contributed by atoms with Crippen LogP contribution in [0.15, 0.2) is 0 Å². The molecule has 0 amide bonds. The third kappa shape index (κ3) is 4.81. The standard InChI is InChI=1S/C13H27NO2/c1-4-16-13(2,3)10-14-11-8-6-5-7-9-12(11)15/h11-12,14-15H,4-10H2,1-3H3. The van der Waals surface area contributed by atoms with Crippen LogP contribution < -0.4 is 5.32 Å². The van der Waals surface area contributed by atoms with Crippen molar-refractivity contribution in [3.05, 3.63) is 0 Å². The van der Waals surface area contributed by atoms with Crippen molar-refractivity contribution in [1.29, 1.82) is 0 Å². The van der Waals surface area contributed by atoms with E-state index in [1.54, 1.807) is 0 Å². The molecule has 0 radical (unpaired) electrons. The van der Waals surface area contributed by atoms with Crippen LogP contribution in [0, 0.1) is 0 Å². The Morgan fingerprint density at radius 2 is 1.94 bits per heavy atom. The Hall–Kier alpha value is -0.120. The Morgan fingerprint density at radius 3 is 2.62 bits per heavy atom. The van der Waals surface area contributed by atoms with Crippen molar-refractivity contribution in [1.82, 2.24) is 5.32 Å². The SMILES string of the molecule is CCOC(C)(C)CNC1CCCCCC1O. The smallest absolute Gasteiger partial charge is 0.0750 e. The van der Waals surface area contributed by atoms with Gasteiger partial charge in [-0.15, -0.1) is 0 Å². The molecule has 3 heteroatoms. The summed E-state index contributed by atoms with van der Waals surface area (Å²) in [4.78, 5) is 0. The number of hydrogen-bond donors (Lipinski definition) is 2. The minimum Gasteiger partial charge on any atom is -0.392 e. The lowest BCUT2D eigenvalue weighted by Crippen LogP contribution is -2.46. The van der Waals surface area contributed by atoms with Gasteiger partial charge in [-0.2, -0.15) is 0 Å². The maximum Gasteiger partial charge on any atom is 0.0750 e. The molecule has 0 heterocycles. The van der Waals surface area contributed by atoms with Crippen molar-refractivity contribution < 1.29 is 9.84 Å². The molecule has 1 rings (SSSR count). The van der Waals surface area contributed by atoms with Gasteiger partial charge in [-0.25, -0.2) is 0 Å². The van der Waals surface area contributed by atoms with Crippen molar-refractivity contribution in [2.45, 2.75) is 70.6 Å². The lowest BCUT2D eigenvalue weighted by molar-refractivity contribution is -0.0147. The van der Waals surface area contributed by atoms with Crippen LogP contribution in [0.1, 0.15) is 52.9 Å². The maximum atomic E-state index is 9.97. The van der Waals surface area contributed by atoms with Gasteiger partial charge < -0.3 is 15.2 Å². The molecule has 0 spiro atoms. The van der Waals surface area contributed by atoms with Crippen molar-refractivity contribution in [3.63, 3.8) is 0 Å². The van der Waals surface area contributed by atoms with Gasteiger partial charge in [-0.05, 0) is 33.6 Å². The second-order valence-corrected chi connectivity index (χ2v) is 5.39. The van der Waals surface area contributed by atoms with Crippen LogP contribution in [-0.4, -0.2) is 36.0 Å². The van der Waals surface area contributed by atoms with E-state index in [1.807, 2.05) is 6.92 Å². The molecule has 0 aromatic heterocycles. The van der Waals surface area contributed by atoms with E-state index < -0.39 is 0 Å². The highest BCUT2D eigenvalue weighted by molar-refractivity contribution is 4.82. The Kier molecular flexibility index (Phi) is 5.73. The number of rotatable bonds is 5. The Balaban J connectivity index is 2.34. The van der Waals surface area contributed by atoms with Crippen LogP contribution in [-0.2, 0) is 4.74 Å². The number of aliphatic hydroxyl groups is 1. The zero-order valence-corrected chi connectivity index (χ0v) is 11.0. The van der Waals surface area contributed by atoms with Crippen LogP contribution >= 0.6 is 0 Å². The van der Waals surface area contributed by atoms with E-state index in [-0.39, 0.29) is 17.7 Å². The summed E-state index contributed by atoms with van der Waals surface area (Å²) in [5.74, 6) is 0. The third-order valence-corrected chi connectivity index (χ3v) is 3.30. The molecule has 2 N–H and O–H groups in total. The minimum absolute atomic E-state index is 0.138. The van der Waals surface area contributed by atoms with E-state index in [9.17, 15) is 5.11 Å². The lowest BCUT2D eigenvalue weighted by Gasteiger charge is -2.29. The minimum atomic E-state index is -0.181. The second kappa shape index (κ2) is 6.58. The molecule has 0 aromatic rings. The zero-order valence-electron chi connectivity index (χ0n) is 11.0. The van der Waals surface area contributed by atoms with Gasteiger partial charge in [0, 0.05) is 19.2 Å². The molecule has 0 aromatic carbocycles. The van der Waals surface area contributed by atoms with E-state index in [2.05, 4.69) is 19.2 Å². The van der Waals surface area contributed by atoms with Crippen molar-refractivity contribution in [3.8, 4) is 0 Å². The zero-order chi connectivity index (χ0) is 12.0. The Labute approximate surface area is 99.6 Å². The van der Waals surface area contributed by atoms with Crippen LogP contribution in [0.25, 0.3) is 0 Å². The van der Waals surface area contributed by atoms with Gasteiger partial charge >= 0.3 is 0 Å². The van der Waals surface area contributed by atoms with Crippen LogP contribution in [0.5, 0.6) is 0 Å². The molecule has 2 atom stereocenters. The summed E-state index contributed by atoms with van der Waals surface area (Å²) in [5.41, 5.74) is -0.138. The molecule has 1 saturated carbocycles. The van der Waals surface area contributed by atoms with Crippen LogP contribution in [0.3, 0.4) is 0 Å². The average molecular weight is 229 g/mol. The first-order valence-electron chi connectivity index (χ1n) is 6.60.